The molecular formula is C18H20N4O. The van der Waals surface area contributed by atoms with E-state index in [1.165, 1.54) is 5.56 Å². The molecule has 3 rings (SSSR count). The minimum absolute atomic E-state index is 0.233. The molecule has 2 heterocycles. The maximum Gasteiger partial charge on any atom is 0.273 e. The number of fused-ring (bicyclic) bond motifs is 1. The van der Waals surface area contributed by atoms with Crippen LogP contribution in [-0.4, -0.2) is 21.8 Å². The van der Waals surface area contributed by atoms with Crippen LogP contribution in [0.1, 0.15) is 29.4 Å². The minimum Gasteiger partial charge on any atom is -0.383 e. The van der Waals surface area contributed by atoms with Gasteiger partial charge in [-0.05, 0) is 31.0 Å². The van der Waals surface area contributed by atoms with Crippen LogP contribution in [0.2, 0.25) is 0 Å². The summed E-state index contributed by atoms with van der Waals surface area (Å²) in [4.78, 5) is 16.7. The molecule has 0 atom stereocenters. The van der Waals surface area contributed by atoms with Crippen molar-refractivity contribution in [2.45, 2.75) is 20.3 Å². The average Bonchev–Trinajstić information content (AvgIpc) is 2.90. The minimum atomic E-state index is -0.233. The van der Waals surface area contributed by atoms with Gasteiger partial charge in [0.05, 0.1) is 0 Å². The summed E-state index contributed by atoms with van der Waals surface area (Å²) in [6.07, 6.45) is 2.70. The highest BCUT2D eigenvalue weighted by Crippen LogP contribution is 2.27. The van der Waals surface area contributed by atoms with E-state index in [4.69, 9.17) is 5.73 Å². The first-order valence-electron chi connectivity index (χ1n) is 7.73. The molecule has 1 aromatic carbocycles. The monoisotopic (exact) mass is 308 g/mol. The van der Waals surface area contributed by atoms with Crippen LogP contribution in [-0.2, 0) is 0 Å². The van der Waals surface area contributed by atoms with E-state index in [1.807, 2.05) is 50.4 Å². The fourth-order valence-corrected chi connectivity index (χ4v) is 2.61. The number of carbonyl (C=O) groups excluding carboxylic acids is 1. The van der Waals surface area contributed by atoms with Gasteiger partial charge in [0.25, 0.3) is 5.91 Å². The van der Waals surface area contributed by atoms with E-state index in [0.29, 0.717) is 18.0 Å². The number of aromatic nitrogens is 2. The Hall–Kier alpha value is -2.82. The number of anilines is 1. The fourth-order valence-electron chi connectivity index (χ4n) is 2.61. The van der Waals surface area contributed by atoms with Crippen molar-refractivity contribution in [2.24, 2.45) is 0 Å². The summed E-state index contributed by atoms with van der Waals surface area (Å²) in [5.41, 5.74) is 10.3. The van der Waals surface area contributed by atoms with E-state index >= 15 is 0 Å². The Kier molecular flexibility index (Phi) is 4.02. The van der Waals surface area contributed by atoms with Crippen molar-refractivity contribution in [2.75, 3.05) is 12.3 Å². The number of carbonyl (C=O) groups is 1. The van der Waals surface area contributed by atoms with Gasteiger partial charge in [0.2, 0.25) is 0 Å². The third-order valence-corrected chi connectivity index (χ3v) is 3.77. The van der Waals surface area contributed by atoms with Gasteiger partial charge in [-0.15, -0.1) is 0 Å². The van der Waals surface area contributed by atoms with Gasteiger partial charge in [0.15, 0.2) is 5.69 Å². The van der Waals surface area contributed by atoms with Gasteiger partial charge in [-0.2, -0.15) is 0 Å². The summed E-state index contributed by atoms with van der Waals surface area (Å²) >= 11 is 0. The molecule has 1 amide bonds. The number of nitrogens with zero attached hydrogens (tertiary/aromatic N) is 2. The molecule has 0 fully saturated rings. The highest BCUT2D eigenvalue weighted by molar-refractivity contribution is 5.98. The summed E-state index contributed by atoms with van der Waals surface area (Å²) in [5, 5.41) is 2.82. The molecule has 5 heteroatoms. The molecule has 0 aliphatic heterocycles. The second kappa shape index (κ2) is 6.12. The molecule has 3 N–H and O–H groups in total. The zero-order valence-corrected chi connectivity index (χ0v) is 13.3. The van der Waals surface area contributed by atoms with E-state index in [1.54, 1.807) is 4.40 Å². The van der Waals surface area contributed by atoms with Gasteiger partial charge >= 0.3 is 0 Å². The fraction of sp³-hybridized carbons (Fsp3) is 0.222. The van der Waals surface area contributed by atoms with Crippen LogP contribution in [0.4, 0.5) is 5.82 Å². The highest BCUT2D eigenvalue weighted by Gasteiger charge is 2.18. The summed E-state index contributed by atoms with van der Waals surface area (Å²) in [5.74, 6) is 0.131. The topological polar surface area (TPSA) is 72.4 Å². The Balaban J connectivity index is 2.13. The molecular weight excluding hydrogens is 288 g/mol. The van der Waals surface area contributed by atoms with Gasteiger partial charge in [0, 0.05) is 18.3 Å². The van der Waals surface area contributed by atoms with Crippen molar-refractivity contribution in [3.8, 4) is 11.1 Å². The third-order valence-electron chi connectivity index (χ3n) is 3.77. The van der Waals surface area contributed by atoms with Crippen LogP contribution in [0.5, 0.6) is 0 Å². The molecule has 0 aliphatic rings. The number of imidazole rings is 1. The molecule has 2 aromatic heterocycles. The van der Waals surface area contributed by atoms with Gasteiger partial charge in [0.1, 0.15) is 11.5 Å². The number of nitrogens with one attached hydrogen (secondary N) is 1. The number of aryl methyl sites for hydroxylation is 1. The molecule has 0 saturated heterocycles. The van der Waals surface area contributed by atoms with Crippen molar-refractivity contribution in [1.82, 2.24) is 14.7 Å². The maximum atomic E-state index is 12.2. The van der Waals surface area contributed by atoms with Crippen LogP contribution >= 0.6 is 0 Å². The van der Waals surface area contributed by atoms with Crippen LogP contribution < -0.4 is 11.1 Å². The molecule has 0 aliphatic carbocycles. The second-order valence-electron chi connectivity index (χ2n) is 5.59. The number of benzene rings is 1. The number of nitrogens with two attached hydrogens (primary N) is 1. The molecule has 0 saturated carbocycles. The predicted molar refractivity (Wildman–Crippen MR) is 92.4 cm³/mol. The lowest BCUT2D eigenvalue weighted by molar-refractivity contribution is 0.0950. The number of amides is 1. The summed E-state index contributed by atoms with van der Waals surface area (Å²) < 4.78 is 1.76. The lowest BCUT2D eigenvalue weighted by atomic mass is 10.0. The van der Waals surface area contributed by atoms with Crippen LogP contribution in [0, 0.1) is 6.92 Å². The molecule has 118 valence electrons. The van der Waals surface area contributed by atoms with Gasteiger partial charge < -0.3 is 11.1 Å². The van der Waals surface area contributed by atoms with Crippen LogP contribution in [0.15, 0.2) is 42.6 Å². The van der Waals surface area contributed by atoms with Crippen LogP contribution in [0.3, 0.4) is 0 Å². The maximum absolute atomic E-state index is 12.2. The Morgan fingerprint density at radius 2 is 2.13 bits per heavy atom. The van der Waals surface area contributed by atoms with Crippen molar-refractivity contribution >= 4 is 17.4 Å². The zero-order chi connectivity index (χ0) is 16.4. The predicted octanol–water partition coefficient (Wildman–Crippen LogP) is 3.03. The lowest BCUT2D eigenvalue weighted by Gasteiger charge is -2.05. The SMILES string of the molecule is CCCNC(=O)c1nc2c(-c3cccc(C)c3)cccn2c1N. The van der Waals surface area contributed by atoms with Gasteiger partial charge in [-0.25, -0.2) is 4.98 Å². The Bertz CT molecular complexity index is 867. The standard InChI is InChI=1S/C18H20N4O/c1-3-9-20-18(23)15-16(19)22-10-5-8-14(17(22)21-15)13-7-4-6-12(2)11-13/h4-8,10-11H,3,9,19H2,1-2H3,(H,20,23). The Morgan fingerprint density at radius 1 is 1.30 bits per heavy atom. The third kappa shape index (κ3) is 2.77. The number of nitrogen functional groups attached to an aromatic ring is 1. The number of hydrogen-bond acceptors (Lipinski definition) is 3. The van der Waals surface area contributed by atoms with Crippen molar-refractivity contribution in [3.05, 3.63) is 53.9 Å². The molecule has 0 bridgehead atoms. The molecule has 0 radical (unpaired) electrons. The smallest absolute Gasteiger partial charge is 0.273 e. The molecule has 0 spiro atoms. The largest absolute Gasteiger partial charge is 0.383 e. The van der Waals surface area contributed by atoms with E-state index in [9.17, 15) is 4.79 Å². The number of pyridine rings is 1. The van der Waals surface area contributed by atoms with E-state index in [-0.39, 0.29) is 11.6 Å². The normalized spacial score (nSPS) is 10.9. The van der Waals surface area contributed by atoms with Crippen molar-refractivity contribution in [3.63, 3.8) is 0 Å². The average molecular weight is 308 g/mol. The summed E-state index contributed by atoms with van der Waals surface area (Å²) in [6.45, 7) is 4.66. The van der Waals surface area contributed by atoms with E-state index in [0.717, 1.165) is 17.5 Å². The first kappa shape index (κ1) is 15.1. The molecule has 23 heavy (non-hydrogen) atoms. The molecule has 0 unspecified atom stereocenters. The van der Waals surface area contributed by atoms with Crippen molar-refractivity contribution < 1.29 is 4.79 Å². The number of rotatable bonds is 4. The van der Waals surface area contributed by atoms with E-state index < -0.39 is 0 Å². The van der Waals surface area contributed by atoms with Crippen molar-refractivity contribution in [1.29, 1.82) is 0 Å². The Morgan fingerprint density at radius 3 is 2.87 bits per heavy atom. The number of hydrogen-bond donors (Lipinski definition) is 2. The van der Waals surface area contributed by atoms with E-state index in [2.05, 4.69) is 16.4 Å². The van der Waals surface area contributed by atoms with Crippen LogP contribution in [0.25, 0.3) is 16.8 Å². The first-order chi connectivity index (χ1) is 11.1. The first-order valence-corrected chi connectivity index (χ1v) is 7.73. The van der Waals surface area contributed by atoms with Gasteiger partial charge in [-0.1, -0.05) is 36.8 Å². The quantitative estimate of drug-likeness (QED) is 0.778. The van der Waals surface area contributed by atoms with Gasteiger partial charge in [-0.3, -0.25) is 9.20 Å². The second-order valence-corrected chi connectivity index (χ2v) is 5.59. The zero-order valence-electron chi connectivity index (χ0n) is 13.3. The highest BCUT2D eigenvalue weighted by atomic mass is 16.1. The molecule has 5 nitrogen and oxygen atoms in total. The summed E-state index contributed by atoms with van der Waals surface area (Å²) in [6, 6.07) is 12.1. The Labute approximate surface area is 135 Å². The lowest BCUT2D eigenvalue weighted by Crippen LogP contribution is -2.25. The molecule has 3 aromatic rings. The summed E-state index contributed by atoms with van der Waals surface area (Å²) in [7, 11) is 0.